The number of nitrogens with zero attached hydrogens (tertiary/aromatic N) is 2. The zero-order valence-corrected chi connectivity index (χ0v) is 26.4. The van der Waals surface area contributed by atoms with E-state index in [0.717, 1.165) is 36.1 Å². The third kappa shape index (κ3) is 18.1. The van der Waals surface area contributed by atoms with E-state index in [-0.39, 0.29) is 10.9 Å². The minimum absolute atomic E-state index is 0.123. The Balaban J connectivity index is 0. The molecule has 0 fully saturated rings. The fraction of sp³-hybridized carbons (Fsp3) is 0.562. The highest BCUT2D eigenvalue weighted by molar-refractivity contribution is 6.28. The van der Waals surface area contributed by atoms with Crippen molar-refractivity contribution in [2.45, 2.75) is 114 Å². The van der Waals surface area contributed by atoms with Gasteiger partial charge in [-0.05, 0) is 73.9 Å². The van der Waals surface area contributed by atoms with Gasteiger partial charge in [-0.25, -0.2) is 13.8 Å². The van der Waals surface area contributed by atoms with Crippen molar-refractivity contribution in [2.24, 2.45) is 5.92 Å². The summed E-state index contributed by atoms with van der Waals surface area (Å²) < 4.78 is 29.8. The zero-order valence-electron chi connectivity index (χ0n) is 25.6. The summed E-state index contributed by atoms with van der Waals surface area (Å²) in [5.41, 5.74) is 5.52. The number of allylic oxidation sites excluding steroid dienone is 3. The van der Waals surface area contributed by atoms with Gasteiger partial charge in [0.15, 0.2) is 0 Å². The molecule has 6 heteroatoms. The maximum atomic E-state index is 12.0. The summed E-state index contributed by atoms with van der Waals surface area (Å²) in [7, 11) is 0. The summed E-state index contributed by atoms with van der Waals surface area (Å²) in [6.45, 7) is 25.4. The first kappa shape index (κ1) is 37.9. The Labute approximate surface area is 236 Å². The van der Waals surface area contributed by atoms with Gasteiger partial charge in [0.05, 0.1) is 0 Å². The Morgan fingerprint density at radius 3 is 1.97 bits per heavy atom. The van der Waals surface area contributed by atoms with Gasteiger partial charge in [-0.2, -0.15) is 4.98 Å². The van der Waals surface area contributed by atoms with E-state index in [0.29, 0.717) is 12.5 Å². The highest BCUT2D eigenvalue weighted by atomic mass is 35.5. The molecule has 2 aromatic rings. The number of benzene rings is 1. The lowest BCUT2D eigenvalue weighted by Crippen LogP contribution is -2.10. The molecule has 0 bridgehead atoms. The van der Waals surface area contributed by atoms with Crippen molar-refractivity contribution in [1.29, 1.82) is 0 Å². The monoisotopic (exact) mass is 552 g/mol. The summed E-state index contributed by atoms with van der Waals surface area (Å²) in [5, 5.41) is 0.221. The van der Waals surface area contributed by atoms with E-state index in [1.165, 1.54) is 43.4 Å². The highest BCUT2D eigenvalue weighted by Crippen LogP contribution is 2.22. The number of hydrogen-bond donors (Lipinski definition) is 0. The number of alkyl halides is 2. The molecular formula is C32H51ClF2N2O. The van der Waals surface area contributed by atoms with E-state index in [1.54, 1.807) is 6.92 Å². The molecule has 0 aliphatic carbocycles. The number of ether oxygens (including phenoxy) is 1. The van der Waals surface area contributed by atoms with Crippen LogP contribution in [0.1, 0.15) is 111 Å². The second-order valence-electron chi connectivity index (χ2n) is 9.70. The summed E-state index contributed by atoms with van der Waals surface area (Å²) in [5.74, 6) is -1.24. The van der Waals surface area contributed by atoms with Crippen molar-refractivity contribution >= 4 is 17.2 Å². The number of aromatic nitrogens is 2. The fourth-order valence-electron chi connectivity index (χ4n) is 2.40. The Kier molecular flexibility index (Phi) is 20.6. The van der Waals surface area contributed by atoms with Crippen LogP contribution >= 0.6 is 11.6 Å². The summed E-state index contributed by atoms with van der Waals surface area (Å²) in [6, 6.07) is 8.04. The summed E-state index contributed by atoms with van der Waals surface area (Å²) >= 11 is 5.88. The molecule has 0 atom stereocenters. The number of halogens is 3. The molecule has 0 saturated carbocycles. The van der Waals surface area contributed by atoms with Gasteiger partial charge in [0.2, 0.25) is 11.2 Å². The van der Waals surface area contributed by atoms with Crippen LogP contribution in [0.15, 0.2) is 42.5 Å². The van der Waals surface area contributed by atoms with E-state index < -0.39 is 5.92 Å². The molecule has 1 heterocycles. The second kappa shape index (κ2) is 20.7. The standard InChI is InChI=1S/C17H19ClN2O.C6H10F2.C5H12.C4H10/c1-5-14-9-16(20-17(18)19-14)21-10-13-6-7-15(11(2)3)12(4)8-13;1-4-5(2)6(3,7)8;1-4-5(2)3;1-3-4-2/h6-9H,2,5,10H2,1,3-4H3;4H,1-3H3;5H,4H2,1-3H3;3-4H2,1-2H3/b;5-4+;;. The SMILES string of the molecule is C/C=C(\C)C(C)(F)F.C=C(C)c1ccc(COc2cc(CC)nc(Cl)n2)cc1C.CCC(C)C.CCCC. The Hall–Kier alpha value is -2.27. The first-order valence-corrected chi connectivity index (χ1v) is 14.0. The molecule has 0 amide bonds. The number of aryl methyl sites for hydroxylation is 2. The number of unbranched alkanes of at least 4 members (excludes halogenated alkanes) is 1. The maximum absolute atomic E-state index is 12.0. The topological polar surface area (TPSA) is 35.0 Å². The van der Waals surface area contributed by atoms with Crippen LogP contribution in [-0.2, 0) is 13.0 Å². The van der Waals surface area contributed by atoms with Crippen molar-refractivity contribution in [3.8, 4) is 5.88 Å². The third-order valence-corrected chi connectivity index (χ3v) is 5.84. The first-order valence-electron chi connectivity index (χ1n) is 13.6. The van der Waals surface area contributed by atoms with Crippen LogP contribution in [0.5, 0.6) is 5.88 Å². The summed E-state index contributed by atoms with van der Waals surface area (Å²) in [6.07, 6.45) is 6.16. The molecule has 0 saturated heterocycles. The van der Waals surface area contributed by atoms with Gasteiger partial charge in [0.1, 0.15) is 6.61 Å². The minimum Gasteiger partial charge on any atom is -0.473 e. The Bertz CT molecular complexity index is 964. The van der Waals surface area contributed by atoms with Gasteiger partial charge < -0.3 is 4.74 Å². The van der Waals surface area contributed by atoms with E-state index in [1.807, 2.05) is 26.0 Å². The average Bonchev–Trinajstić information content (AvgIpc) is 2.86. The van der Waals surface area contributed by atoms with Crippen LogP contribution in [-0.4, -0.2) is 15.9 Å². The Morgan fingerprint density at radius 2 is 1.63 bits per heavy atom. The van der Waals surface area contributed by atoms with Gasteiger partial charge in [0, 0.05) is 18.7 Å². The summed E-state index contributed by atoms with van der Waals surface area (Å²) in [4.78, 5) is 8.20. The largest absolute Gasteiger partial charge is 0.473 e. The molecule has 1 aromatic carbocycles. The van der Waals surface area contributed by atoms with Gasteiger partial charge in [-0.1, -0.05) is 97.2 Å². The van der Waals surface area contributed by atoms with Crippen molar-refractivity contribution < 1.29 is 13.5 Å². The van der Waals surface area contributed by atoms with Gasteiger partial charge in [0.25, 0.3) is 5.92 Å². The highest BCUT2D eigenvalue weighted by Gasteiger charge is 2.22. The van der Waals surface area contributed by atoms with Gasteiger partial charge >= 0.3 is 0 Å². The van der Waals surface area contributed by atoms with Gasteiger partial charge in [-0.3, -0.25) is 0 Å². The molecule has 0 aliphatic heterocycles. The van der Waals surface area contributed by atoms with Crippen LogP contribution in [0.2, 0.25) is 5.28 Å². The van der Waals surface area contributed by atoms with Crippen LogP contribution in [0.3, 0.4) is 0 Å². The van der Waals surface area contributed by atoms with E-state index in [9.17, 15) is 8.78 Å². The molecule has 0 unspecified atom stereocenters. The van der Waals surface area contributed by atoms with E-state index in [4.69, 9.17) is 16.3 Å². The molecule has 3 nitrogen and oxygen atoms in total. The first-order chi connectivity index (χ1) is 17.7. The molecule has 2 rings (SSSR count). The van der Waals surface area contributed by atoms with Gasteiger partial charge in [-0.15, -0.1) is 0 Å². The number of rotatable bonds is 8. The van der Waals surface area contributed by atoms with Crippen molar-refractivity contribution in [1.82, 2.24) is 9.97 Å². The predicted octanol–water partition coefficient (Wildman–Crippen LogP) is 11.1. The molecule has 0 N–H and O–H groups in total. The molecular weight excluding hydrogens is 502 g/mol. The number of hydrogen-bond acceptors (Lipinski definition) is 3. The molecule has 0 radical (unpaired) electrons. The van der Waals surface area contributed by atoms with Crippen molar-refractivity contribution in [2.75, 3.05) is 0 Å². The molecule has 216 valence electrons. The molecule has 0 spiro atoms. The zero-order chi connectivity index (χ0) is 29.9. The van der Waals surface area contributed by atoms with E-state index in [2.05, 4.69) is 70.2 Å². The lowest BCUT2D eigenvalue weighted by Gasteiger charge is -2.10. The molecule has 1 aromatic heterocycles. The van der Waals surface area contributed by atoms with Crippen molar-refractivity contribution in [3.63, 3.8) is 0 Å². The van der Waals surface area contributed by atoms with Crippen LogP contribution in [0.4, 0.5) is 8.78 Å². The average molecular weight is 553 g/mol. The second-order valence-corrected chi connectivity index (χ2v) is 10.0. The Morgan fingerprint density at radius 1 is 1.08 bits per heavy atom. The smallest absolute Gasteiger partial charge is 0.266 e. The fourth-order valence-corrected chi connectivity index (χ4v) is 2.59. The van der Waals surface area contributed by atoms with Crippen LogP contribution in [0.25, 0.3) is 5.57 Å². The molecule has 38 heavy (non-hydrogen) atoms. The van der Waals surface area contributed by atoms with Crippen LogP contribution in [0, 0.1) is 12.8 Å². The van der Waals surface area contributed by atoms with E-state index >= 15 is 0 Å². The minimum atomic E-state index is -2.63. The quantitative estimate of drug-likeness (QED) is 0.241. The van der Waals surface area contributed by atoms with Crippen LogP contribution < -0.4 is 4.74 Å². The predicted molar refractivity (Wildman–Crippen MR) is 162 cm³/mol. The normalized spacial score (nSPS) is 10.9. The maximum Gasteiger partial charge on any atom is 0.266 e. The lowest BCUT2D eigenvalue weighted by molar-refractivity contribution is 0.0633. The lowest BCUT2D eigenvalue weighted by atomic mass is 10.0. The molecule has 0 aliphatic rings. The third-order valence-electron chi connectivity index (χ3n) is 5.67. The van der Waals surface area contributed by atoms with Crippen molar-refractivity contribution in [3.05, 3.63) is 70.2 Å².